The van der Waals surface area contributed by atoms with Gasteiger partial charge < -0.3 is 10.6 Å². The quantitative estimate of drug-likeness (QED) is 0.926. The second kappa shape index (κ2) is 5.63. The van der Waals surface area contributed by atoms with Gasteiger partial charge in [0.2, 0.25) is 0 Å². The monoisotopic (exact) mass is 269 g/mol. The first-order valence-electron chi connectivity index (χ1n) is 6.92. The summed E-state index contributed by atoms with van der Waals surface area (Å²) in [7, 11) is 2.05. The number of hydrogen-bond donors (Lipinski definition) is 1. The third-order valence-electron chi connectivity index (χ3n) is 3.69. The van der Waals surface area contributed by atoms with Gasteiger partial charge in [-0.1, -0.05) is 17.7 Å². The van der Waals surface area contributed by atoms with Crippen LogP contribution in [0.1, 0.15) is 27.9 Å². The molecule has 0 fully saturated rings. The number of hydrogen-bond acceptors (Lipinski definition) is 3. The molecule has 3 nitrogen and oxygen atoms in total. The first-order valence-corrected chi connectivity index (χ1v) is 6.92. The minimum Gasteiger partial charge on any atom is -0.329 e. The number of rotatable bonds is 3. The van der Waals surface area contributed by atoms with Gasteiger partial charge in [0.25, 0.3) is 0 Å². The second-order valence-corrected chi connectivity index (χ2v) is 5.44. The Balaban J connectivity index is 2.55. The van der Waals surface area contributed by atoms with Gasteiger partial charge in [0, 0.05) is 30.5 Å². The Morgan fingerprint density at radius 1 is 1.05 bits per heavy atom. The molecule has 1 heterocycles. The molecule has 2 aromatic rings. The van der Waals surface area contributed by atoms with E-state index in [2.05, 4.69) is 57.0 Å². The normalized spacial score (nSPS) is 10.7. The Morgan fingerprint density at radius 2 is 1.75 bits per heavy atom. The summed E-state index contributed by atoms with van der Waals surface area (Å²) in [5.74, 6) is 0.956. The minimum atomic E-state index is 0.504. The Kier molecular flexibility index (Phi) is 4.09. The largest absolute Gasteiger partial charge is 0.329 e. The molecule has 0 amide bonds. The Hall–Kier alpha value is -1.87. The van der Waals surface area contributed by atoms with Crippen molar-refractivity contribution >= 4 is 11.5 Å². The predicted molar refractivity (Wildman–Crippen MR) is 85.6 cm³/mol. The van der Waals surface area contributed by atoms with Gasteiger partial charge in [-0.05, 0) is 51.0 Å². The van der Waals surface area contributed by atoms with E-state index in [0.717, 1.165) is 17.1 Å². The first-order chi connectivity index (χ1) is 9.43. The van der Waals surface area contributed by atoms with Crippen LogP contribution in [0.15, 0.2) is 24.3 Å². The lowest BCUT2D eigenvalue weighted by atomic mass is 10.1. The molecule has 2 rings (SSSR count). The fourth-order valence-electron chi connectivity index (χ4n) is 2.67. The van der Waals surface area contributed by atoms with Gasteiger partial charge in [-0.25, -0.2) is 4.98 Å². The lowest BCUT2D eigenvalue weighted by molar-refractivity contribution is 0.974. The molecule has 0 bridgehead atoms. The van der Waals surface area contributed by atoms with Crippen LogP contribution in [-0.4, -0.2) is 12.0 Å². The smallest absolute Gasteiger partial charge is 0.137 e. The average molecular weight is 269 g/mol. The van der Waals surface area contributed by atoms with Gasteiger partial charge in [-0.2, -0.15) is 0 Å². The Bertz CT molecular complexity index is 632. The van der Waals surface area contributed by atoms with Crippen molar-refractivity contribution in [1.29, 1.82) is 0 Å². The zero-order chi connectivity index (χ0) is 14.9. The minimum absolute atomic E-state index is 0.504. The molecular weight excluding hydrogens is 246 g/mol. The highest BCUT2D eigenvalue weighted by Gasteiger charge is 2.14. The number of pyridine rings is 1. The molecule has 0 saturated heterocycles. The lowest BCUT2D eigenvalue weighted by Gasteiger charge is -2.24. The highest BCUT2D eigenvalue weighted by Crippen LogP contribution is 2.30. The standard InChI is InChI=1S/C17H23N3/c1-11-6-7-16(13(3)8-11)20(5)17-15(10-18)12(2)9-14(4)19-17/h6-9H,10,18H2,1-5H3. The molecule has 0 aliphatic carbocycles. The fraction of sp³-hybridized carbons (Fsp3) is 0.353. The molecule has 1 aromatic carbocycles. The Morgan fingerprint density at radius 3 is 2.35 bits per heavy atom. The summed E-state index contributed by atoms with van der Waals surface area (Å²) < 4.78 is 0. The van der Waals surface area contributed by atoms with Crippen LogP contribution in [-0.2, 0) is 6.54 Å². The molecule has 0 atom stereocenters. The lowest BCUT2D eigenvalue weighted by Crippen LogP contribution is -2.17. The summed E-state index contributed by atoms with van der Waals surface area (Å²) >= 11 is 0. The molecule has 0 aliphatic rings. The molecule has 2 N–H and O–H groups in total. The number of nitrogens with two attached hydrogens (primary N) is 1. The van der Waals surface area contributed by atoms with E-state index in [1.165, 1.54) is 22.4 Å². The fourth-order valence-corrected chi connectivity index (χ4v) is 2.67. The summed E-state index contributed by atoms with van der Waals surface area (Å²) in [4.78, 5) is 6.83. The van der Waals surface area contributed by atoms with Crippen LogP contribution in [0.5, 0.6) is 0 Å². The van der Waals surface area contributed by atoms with Crippen molar-refractivity contribution in [2.75, 3.05) is 11.9 Å². The molecule has 3 heteroatoms. The third kappa shape index (κ3) is 2.68. The second-order valence-electron chi connectivity index (χ2n) is 5.44. The van der Waals surface area contributed by atoms with E-state index in [1.807, 2.05) is 6.92 Å². The van der Waals surface area contributed by atoms with E-state index in [0.29, 0.717) is 6.54 Å². The maximum absolute atomic E-state index is 5.91. The van der Waals surface area contributed by atoms with Crippen molar-refractivity contribution in [1.82, 2.24) is 4.98 Å². The van der Waals surface area contributed by atoms with Crippen LogP contribution in [0.25, 0.3) is 0 Å². The molecule has 20 heavy (non-hydrogen) atoms. The van der Waals surface area contributed by atoms with Gasteiger partial charge in [-0.15, -0.1) is 0 Å². The van der Waals surface area contributed by atoms with Crippen LogP contribution < -0.4 is 10.6 Å². The summed E-state index contributed by atoms with van der Waals surface area (Å²) in [5, 5.41) is 0. The third-order valence-corrected chi connectivity index (χ3v) is 3.69. The summed E-state index contributed by atoms with van der Waals surface area (Å²) in [6.07, 6.45) is 0. The van der Waals surface area contributed by atoms with Crippen molar-refractivity contribution in [2.24, 2.45) is 5.73 Å². The van der Waals surface area contributed by atoms with E-state index < -0.39 is 0 Å². The highest BCUT2D eigenvalue weighted by molar-refractivity contribution is 5.67. The molecule has 0 saturated carbocycles. The van der Waals surface area contributed by atoms with Crippen LogP contribution in [0.2, 0.25) is 0 Å². The van der Waals surface area contributed by atoms with Gasteiger partial charge in [0.15, 0.2) is 0 Å². The molecule has 0 spiro atoms. The van der Waals surface area contributed by atoms with E-state index >= 15 is 0 Å². The number of anilines is 2. The summed E-state index contributed by atoms with van der Waals surface area (Å²) in [5.41, 5.74) is 12.9. The van der Waals surface area contributed by atoms with E-state index in [4.69, 9.17) is 10.7 Å². The summed E-state index contributed by atoms with van der Waals surface area (Å²) in [6.45, 7) is 8.85. The molecule has 0 unspecified atom stereocenters. The van der Waals surface area contributed by atoms with E-state index in [-0.39, 0.29) is 0 Å². The van der Waals surface area contributed by atoms with Crippen molar-refractivity contribution < 1.29 is 0 Å². The van der Waals surface area contributed by atoms with Gasteiger partial charge >= 0.3 is 0 Å². The molecule has 0 radical (unpaired) electrons. The van der Waals surface area contributed by atoms with Gasteiger partial charge in [0.1, 0.15) is 5.82 Å². The highest BCUT2D eigenvalue weighted by atomic mass is 15.2. The van der Waals surface area contributed by atoms with Crippen molar-refractivity contribution in [2.45, 2.75) is 34.2 Å². The predicted octanol–water partition coefficient (Wildman–Crippen LogP) is 3.54. The average Bonchev–Trinajstić information content (AvgIpc) is 2.37. The van der Waals surface area contributed by atoms with Crippen molar-refractivity contribution in [3.8, 4) is 0 Å². The maximum atomic E-state index is 5.91. The van der Waals surface area contributed by atoms with Crippen LogP contribution in [0.3, 0.4) is 0 Å². The van der Waals surface area contributed by atoms with Gasteiger partial charge in [-0.3, -0.25) is 0 Å². The van der Waals surface area contributed by atoms with Crippen LogP contribution in [0, 0.1) is 27.7 Å². The Labute approximate surface area is 121 Å². The summed E-state index contributed by atoms with van der Waals surface area (Å²) in [6, 6.07) is 8.55. The number of nitrogens with zero attached hydrogens (tertiary/aromatic N) is 2. The zero-order valence-corrected chi connectivity index (χ0v) is 13.0. The molecular formula is C17H23N3. The van der Waals surface area contributed by atoms with Crippen LogP contribution in [0.4, 0.5) is 11.5 Å². The van der Waals surface area contributed by atoms with Crippen LogP contribution >= 0.6 is 0 Å². The molecule has 0 aliphatic heterocycles. The first kappa shape index (κ1) is 14.5. The van der Waals surface area contributed by atoms with E-state index in [9.17, 15) is 0 Å². The number of aromatic nitrogens is 1. The van der Waals surface area contributed by atoms with E-state index in [1.54, 1.807) is 0 Å². The molecule has 1 aromatic heterocycles. The SMILES string of the molecule is Cc1ccc(N(C)c2nc(C)cc(C)c2CN)c(C)c1. The van der Waals surface area contributed by atoms with Crippen molar-refractivity contribution in [3.05, 3.63) is 52.2 Å². The zero-order valence-electron chi connectivity index (χ0n) is 13.0. The number of aryl methyl sites for hydroxylation is 4. The number of benzene rings is 1. The van der Waals surface area contributed by atoms with Gasteiger partial charge in [0.05, 0.1) is 0 Å². The van der Waals surface area contributed by atoms with Crippen molar-refractivity contribution in [3.63, 3.8) is 0 Å². The topological polar surface area (TPSA) is 42.2 Å². The maximum Gasteiger partial charge on any atom is 0.137 e. The molecule has 106 valence electrons.